The summed E-state index contributed by atoms with van der Waals surface area (Å²) in [6.45, 7) is 1.80. The van der Waals surface area contributed by atoms with E-state index in [4.69, 9.17) is 0 Å². The van der Waals surface area contributed by atoms with Crippen molar-refractivity contribution in [2.75, 3.05) is 13.1 Å². The zero-order chi connectivity index (χ0) is 13.2. The molecule has 0 unspecified atom stereocenters. The quantitative estimate of drug-likeness (QED) is 0.593. The fraction of sp³-hybridized carbons (Fsp3) is 0.857. The molecule has 6 fully saturated rings. The second-order valence-electron chi connectivity index (χ2n) is 7.20. The smallest absolute Gasteiger partial charge is 0.238 e. The van der Waals surface area contributed by atoms with Gasteiger partial charge >= 0.3 is 0 Å². The highest BCUT2D eigenvalue weighted by Crippen LogP contribution is 2.60. The summed E-state index contributed by atoms with van der Waals surface area (Å²) < 4.78 is 0. The van der Waals surface area contributed by atoms with E-state index in [1.165, 1.54) is 0 Å². The van der Waals surface area contributed by atoms with Gasteiger partial charge < -0.3 is 0 Å². The number of amides is 2. The topological polar surface area (TPSA) is 47.1 Å². The largest absolute Gasteiger partial charge is 0.273 e. The fourth-order valence-corrected chi connectivity index (χ4v) is 6.38. The van der Waals surface area contributed by atoms with Gasteiger partial charge in [0.1, 0.15) is 0 Å². The fourth-order valence-electron chi connectivity index (χ4n) is 6.38. The summed E-state index contributed by atoms with van der Waals surface area (Å²) >= 11 is 0. The maximum Gasteiger partial charge on any atom is 0.238 e. The highest BCUT2D eigenvalue weighted by atomic mass is 16.2. The molecular weight excluding hydrogens is 256 g/mol. The van der Waals surface area contributed by atoms with E-state index in [1.807, 2.05) is 0 Å². The SMILES string of the molecule is O=C1CCN2[C@H]3C[C@@H]4[C@@H]5[C@H]3[C@@H](C[C@@H]5N3CCC(=O)N43)N12. The molecule has 4 aliphatic heterocycles. The summed E-state index contributed by atoms with van der Waals surface area (Å²) in [6, 6.07) is 1.88. The van der Waals surface area contributed by atoms with Crippen molar-refractivity contribution in [1.29, 1.82) is 0 Å². The van der Waals surface area contributed by atoms with Crippen LogP contribution in [0.15, 0.2) is 0 Å². The lowest BCUT2D eigenvalue weighted by molar-refractivity contribution is -0.144. The zero-order valence-corrected chi connectivity index (χ0v) is 11.3. The molecular formula is C14H18N4O2. The molecule has 4 heterocycles. The monoisotopic (exact) mass is 274 g/mol. The van der Waals surface area contributed by atoms with Crippen LogP contribution in [0.4, 0.5) is 0 Å². The van der Waals surface area contributed by atoms with E-state index in [1.54, 1.807) is 0 Å². The van der Waals surface area contributed by atoms with Crippen LogP contribution in [0.1, 0.15) is 25.7 Å². The van der Waals surface area contributed by atoms with Gasteiger partial charge in [0.05, 0.1) is 12.1 Å². The number of carbonyl (C=O) groups is 2. The number of hydrogen-bond donors (Lipinski definition) is 0. The lowest BCUT2D eigenvalue weighted by Gasteiger charge is -2.33. The Morgan fingerprint density at radius 1 is 0.700 bits per heavy atom. The first kappa shape index (κ1) is 10.6. The second-order valence-corrected chi connectivity index (χ2v) is 7.20. The minimum Gasteiger partial charge on any atom is -0.273 e. The van der Waals surface area contributed by atoms with Crippen molar-refractivity contribution in [2.45, 2.75) is 49.9 Å². The van der Waals surface area contributed by atoms with Gasteiger partial charge in [-0.05, 0) is 12.8 Å². The third kappa shape index (κ3) is 0.894. The average Bonchev–Trinajstić information content (AvgIpc) is 3.13. The molecule has 6 atom stereocenters. The van der Waals surface area contributed by atoms with Gasteiger partial charge in [0.25, 0.3) is 0 Å². The molecule has 0 radical (unpaired) electrons. The van der Waals surface area contributed by atoms with E-state index in [-0.39, 0.29) is 0 Å². The van der Waals surface area contributed by atoms with Crippen LogP contribution in [-0.2, 0) is 9.59 Å². The third-order valence-corrected chi connectivity index (χ3v) is 6.76. The highest BCUT2D eigenvalue weighted by Gasteiger charge is 2.71. The van der Waals surface area contributed by atoms with Crippen molar-refractivity contribution in [3.63, 3.8) is 0 Å². The molecule has 0 N–H and O–H groups in total. The van der Waals surface area contributed by atoms with E-state index in [9.17, 15) is 9.59 Å². The first-order chi connectivity index (χ1) is 9.75. The molecule has 6 nitrogen and oxygen atoms in total. The molecule has 4 saturated heterocycles. The Hall–Kier alpha value is -1.14. The Morgan fingerprint density at radius 3 is 1.60 bits per heavy atom. The van der Waals surface area contributed by atoms with Crippen LogP contribution in [0, 0.1) is 11.8 Å². The van der Waals surface area contributed by atoms with Crippen molar-refractivity contribution in [1.82, 2.24) is 20.0 Å². The Morgan fingerprint density at radius 2 is 1.15 bits per heavy atom. The lowest BCUT2D eigenvalue weighted by Crippen LogP contribution is -2.46. The maximum atomic E-state index is 12.2. The molecule has 2 aliphatic carbocycles. The van der Waals surface area contributed by atoms with E-state index in [2.05, 4.69) is 20.0 Å². The van der Waals surface area contributed by atoms with E-state index in [0.717, 1.165) is 25.9 Å². The van der Waals surface area contributed by atoms with Gasteiger partial charge in [-0.2, -0.15) is 0 Å². The van der Waals surface area contributed by atoms with Gasteiger partial charge in [0.2, 0.25) is 11.8 Å². The molecule has 0 aromatic heterocycles. The highest BCUT2D eigenvalue weighted by molar-refractivity contribution is 5.80. The van der Waals surface area contributed by atoms with Crippen LogP contribution in [-0.4, -0.2) is 69.1 Å². The van der Waals surface area contributed by atoms with Crippen LogP contribution in [0.5, 0.6) is 0 Å². The molecule has 2 amide bonds. The molecule has 0 bridgehead atoms. The molecule has 6 rings (SSSR count). The first-order valence-corrected chi connectivity index (χ1v) is 7.93. The van der Waals surface area contributed by atoms with Crippen molar-refractivity contribution < 1.29 is 9.59 Å². The van der Waals surface area contributed by atoms with Crippen molar-refractivity contribution in [2.24, 2.45) is 11.8 Å². The summed E-state index contributed by atoms with van der Waals surface area (Å²) in [5, 5.41) is 8.90. The number of fused-ring (bicyclic) bond motifs is 6. The van der Waals surface area contributed by atoms with Crippen LogP contribution in [0.25, 0.3) is 0 Å². The Balaban J connectivity index is 1.46. The summed E-state index contributed by atoms with van der Waals surface area (Å²) in [4.78, 5) is 24.3. The minimum absolute atomic E-state index is 0.329. The molecule has 0 spiro atoms. The Labute approximate surface area is 117 Å². The molecule has 20 heavy (non-hydrogen) atoms. The number of hydrogen-bond acceptors (Lipinski definition) is 4. The van der Waals surface area contributed by atoms with Gasteiger partial charge in [0.15, 0.2) is 0 Å². The predicted octanol–water partition coefficient (Wildman–Crippen LogP) is -0.574. The number of hydrazine groups is 2. The number of nitrogens with zero attached hydrogens (tertiary/aromatic N) is 4. The summed E-state index contributed by atoms with van der Waals surface area (Å²) in [6.07, 6.45) is 3.53. The van der Waals surface area contributed by atoms with Crippen LogP contribution < -0.4 is 0 Å². The molecule has 2 saturated carbocycles. The first-order valence-electron chi connectivity index (χ1n) is 7.93. The van der Waals surface area contributed by atoms with E-state index >= 15 is 0 Å². The van der Waals surface area contributed by atoms with E-state index < -0.39 is 0 Å². The van der Waals surface area contributed by atoms with Gasteiger partial charge in [-0.25, -0.2) is 10.0 Å². The lowest BCUT2D eigenvalue weighted by atomic mass is 9.93. The number of rotatable bonds is 0. The summed E-state index contributed by atoms with van der Waals surface area (Å²) in [5.74, 6) is 1.89. The van der Waals surface area contributed by atoms with Crippen molar-refractivity contribution >= 4 is 11.8 Å². The molecule has 6 heteroatoms. The summed E-state index contributed by atoms with van der Waals surface area (Å²) in [7, 11) is 0. The van der Waals surface area contributed by atoms with Gasteiger partial charge in [-0.1, -0.05) is 0 Å². The zero-order valence-electron chi connectivity index (χ0n) is 11.3. The van der Waals surface area contributed by atoms with Gasteiger partial charge in [0, 0.05) is 49.9 Å². The predicted molar refractivity (Wildman–Crippen MR) is 67.7 cm³/mol. The van der Waals surface area contributed by atoms with Crippen LogP contribution in [0.3, 0.4) is 0 Å². The molecule has 6 aliphatic rings. The van der Waals surface area contributed by atoms with Crippen LogP contribution in [0.2, 0.25) is 0 Å². The summed E-state index contributed by atoms with van der Waals surface area (Å²) in [5.41, 5.74) is 0. The Bertz CT molecular complexity index is 503. The Kier molecular flexibility index (Phi) is 1.61. The van der Waals surface area contributed by atoms with Gasteiger partial charge in [-0.15, -0.1) is 0 Å². The third-order valence-electron chi connectivity index (χ3n) is 6.76. The van der Waals surface area contributed by atoms with Crippen LogP contribution >= 0.6 is 0 Å². The molecule has 0 aromatic carbocycles. The van der Waals surface area contributed by atoms with E-state index in [0.29, 0.717) is 60.7 Å². The molecule has 0 aromatic rings. The second kappa shape index (κ2) is 3.04. The van der Waals surface area contributed by atoms with Crippen molar-refractivity contribution in [3.05, 3.63) is 0 Å². The number of carbonyl (C=O) groups excluding carboxylic acids is 2. The standard InChI is InChI=1S/C14H18N4O2/c19-11-1-3-15-7-5-10-14-8(6-9(13(7)14)17(11)15)16-4-2-12(20)18(10)16/h7-10,13-14H,1-6H2/t7-,8-,9+,10+,13+,14+/m0/s1. The average molecular weight is 274 g/mol. The molecule has 106 valence electrons. The normalized spacial score (nSPS) is 52.4. The minimum atomic E-state index is 0.329. The van der Waals surface area contributed by atoms with Crippen molar-refractivity contribution in [3.8, 4) is 0 Å². The van der Waals surface area contributed by atoms with Gasteiger partial charge in [-0.3, -0.25) is 19.6 Å². The maximum absolute atomic E-state index is 12.2.